The van der Waals surface area contributed by atoms with Crippen LogP contribution in [0.3, 0.4) is 0 Å². The van der Waals surface area contributed by atoms with Crippen LogP contribution in [0.5, 0.6) is 0 Å². The van der Waals surface area contributed by atoms with Gasteiger partial charge in [-0.1, -0.05) is 12.1 Å². The van der Waals surface area contributed by atoms with E-state index < -0.39 is 0 Å². The Morgan fingerprint density at radius 2 is 2.25 bits per heavy atom. The summed E-state index contributed by atoms with van der Waals surface area (Å²) in [6.07, 6.45) is 1.10. The van der Waals surface area contributed by atoms with E-state index in [9.17, 15) is 0 Å². The molecule has 0 amide bonds. The second-order valence-electron chi connectivity index (χ2n) is 2.98. The summed E-state index contributed by atoms with van der Waals surface area (Å²) in [7, 11) is 0. The van der Waals surface area contributed by atoms with Crippen LogP contribution in [-0.4, -0.2) is 12.3 Å². The number of rotatable bonds is 0. The van der Waals surface area contributed by atoms with Gasteiger partial charge in [0.1, 0.15) is 0 Å². The smallest absolute Gasteiger partial charge is 0.0433 e. The topological polar surface area (TPSA) is 12.4 Å². The first-order chi connectivity index (χ1) is 5.79. The summed E-state index contributed by atoms with van der Waals surface area (Å²) in [4.78, 5) is 4.43. The second-order valence-corrected chi connectivity index (χ2v) is 4.15. The van der Waals surface area contributed by atoms with Crippen molar-refractivity contribution in [2.24, 2.45) is 4.99 Å². The maximum atomic E-state index is 4.43. The van der Waals surface area contributed by atoms with Crippen LogP contribution in [0, 0.1) is 3.57 Å². The van der Waals surface area contributed by atoms with Crippen molar-refractivity contribution in [3.05, 3.63) is 32.9 Å². The number of benzene rings is 1. The minimum Gasteiger partial charge on any atom is -0.289 e. The van der Waals surface area contributed by atoms with E-state index in [0.717, 1.165) is 13.0 Å². The summed E-state index contributed by atoms with van der Waals surface area (Å²) in [5.74, 6) is 0. The van der Waals surface area contributed by atoms with E-state index >= 15 is 0 Å². The molecule has 0 atom stereocenters. The molecule has 0 saturated carbocycles. The molecule has 0 saturated heterocycles. The molecule has 0 fully saturated rings. The van der Waals surface area contributed by atoms with Crippen molar-refractivity contribution in [1.29, 1.82) is 0 Å². The lowest BCUT2D eigenvalue weighted by Gasteiger charge is -2.15. The Bertz CT molecular complexity index is 342. The maximum Gasteiger partial charge on any atom is 0.0433 e. The van der Waals surface area contributed by atoms with Gasteiger partial charge in [0, 0.05) is 15.8 Å². The SMILES string of the molecule is CC1=NCCc2c(I)cccc21. The molecule has 0 radical (unpaired) electrons. The van der Waals surface area contributed by atoms with Gasteiger partial charge in [-0.25, -0.2) is 0 Å². The van der Waals surface area contributed by atoms with Gasteiger partial charge in [0.15, 0.2) is 0 Å². The van der Waals surface area contributed by atoms with Crippen LogP contribution in [0.25, 0.3) is 0 Å². The third-order valence-corrected chi connectivity index (χ3v) is 3.23. The third-order valence-electron chi connectivity index (χ3n) is 2.22. The van der Waals surface area contributed by atoms with E-state index in [0.29, 0.717) is 0 Å². The van der Waals surface area contributed by atoms with E-state index in [4.69, 9.17) is 0 Å². The summed E-state index contributed by atoms with van der Waals surface area (Å²) < 4.78 is 1.37. The zero-order valence-electron chi connectivity index (χ0n) is 6.97. The van der Waals surface area contributed by atoms with E-state index in [2.05, 4.69) is 52.7 Å². The summed E-state index contributed by atoms with van der Waals surface area (Å²) >= 11 is 2.40. The number of halogens is 1. The molecule has 0 aromatic heterocycles. The van der Waals surface area contributed by atoms with Gasteiger partial charge in [0.05, 0.1) is 0 Å². The molecule has 12 heavy (non-hydrogen) atoms. The predicted molar refractivity (Wildman–Crippen MR) is 59.9 cm³/mol. The highest BCUT2D eigenvalue weighted by Crippen LogP contribution is 2.21. The molecule has 0 bridgehead atoms. The zero-order valence-corrected chi connectivity index (χ0v) is 9.13. The van der Waals surface area contributed by atoms with Crippen molar-refractivity contribution in [1.82, 2.24) is 0 Å². The fourth-order valence-corrected chi connectivity index (χ4v) is 2.34. The van der Waals surface area contributed by atoms with Crippen LogP contribution in [-0.2, 0) is 6.42 Å². The number of hydrogen-bond donors (Lipinski definition) is 0. The van der Waals surface area contributed by atoms with Crippen molar-refractivity contribution in [3.63, 3.8) is 0 Å². The first-order valence-corrected chi connectivity index (χ1v) is 5.16. The Morgan fingerprint density at radius 1 is 1.42 bits per heavy atom. The van der Waals surface area contributed by atoms with Crippen LogP contribution in [0.1, 0.15) is 18.1 Å². The lowest BCUT2D eigenvalue weighted by atomic mass is 9.99. The number of aliphatic imine (C=N–C) groups is 1. The molecular formula is C10H10IN. The van der Waals surface area contributed by atoms with Gasteiger partial charge < -0.3 is 0 Å². The largest absolute Gasteiger partial charge is 0.289 e. The Labute approximate surface area is 86.0 Å². The lowest BCUT2D eigenvalue weighted by molar-refractivity contribution is 0.935. The maximum absolute atomic E-state index is 4.43. The molecule has 2 heteroatoms. The van der Waals surface area contributed by atoms with Gasteiger partial charge in [0.25, 0.3) is 0 Å². The van der Waals surface area contributed by atoms with Crippen molar-refractivity contribution in [2.75, 3.05) is 6.54 Å². The minimum absolute atomic E-state index is 0.957. The first-order valence-electron chi connectivity index (χ1n) is 4.08. The van der Waals surface area contributed by atoms with Gasteiger partial charge in [-0.15, -0.1) is 0 Å². The molecule has 1 nitrogen and oxygen atoms in total. The standard InChI is InChI=1S/C10H10IN/c1-7-8-3-2-4-10(11)9(8)5-6-12-7/h2-4H,5-6H2,1H3. The number of nitrogens with zero attached hydrogens (tertiary/aromatic N) is 1. The Morgan fingerprint density at radius 3 is 3.00 bits per heavy atom. The van der Waals surface area contributed by atoms with E-state index in [-0.39, 0.29) is 0 Å². The third kappa shape index (κ3) is 1.28. The van der Waals surface area contributed by atoms with Crippen molar-refractivity contribution in [3.8, 4) is 0 Å². The average Bonchev–Trinajstić information content (AvgIpc) is 2.07. The van der Waals surface area contributed by atoms with E-state index in [1.165, 1.54) is 20.4 Å². The van der Waals surface area contributed by atoms with Crippen LogP contribution in [0.4, 0.5) is 0 Å². The van der Waals surface area contributed by atoms with Gasteiger partial charge in [-0.3, -0.25) is 4.99 Å². The minimum atomic E-state index is 0.957. The molecule has 1 heterocycles. The lowest BCUT2D eigenvalue weighted by Crippen LogP contribution is -2.10. The fourth-order valence-electron chi connectivity index (χ4n) is 1.57. The molecule has 0 spiro atoms. The predicted octanol–water partition coefficient (Wildman–Crippen LogP) is 2.66. The molecule has 0 aliphatic carbocycles. The van der Waals surface area contributed by atoms with Crippen LogP contribution in [0.2, 0.25) is 0 Å². The fraction of sp³-hybridized carbons (Fsp3) is 0.300. The summed E-state index contributed by atoms with van der Waals surface area (Å²) in [5.41, 5.74) is 4.01. The highest BCUT2D eigenvalue weighted by Gasteiger charge is 2.11. The van der Waals surface area contributed by atoms with Gasteiger partial charge in [0.2, 0.25) is 0 Å². The molecule has 0 unspecified atom stereocenters. The van der Waals surface area contributed by atoms with Crippen molar-refractivity contribution >= 4 is 28.3 Å². The number of fused-ring (bicyclic) bond motifs is 1. The number of hydrogen-bond acceptors (Lipinski definition) is 1. The van der Waals surface area contributed by atoms with E-state index in [1.54, 1.807) is 0 Å². The van der Waals surface area contributed by atoms with Crippen molar-refractivity contribution in [2.45, 2.75) is 13.3 Å². The Hall–Kier alpha value is -0.380. The quantitative estimate of drug-likeness (QED) is 0.643. The molecule has 62 valence electrons. The summed E-state index contributed by atoms with van der Waals surface area (Å²) in [6.45, 7) is 3.05. The first kappa shape index (κ1) is 8.23. The zero-order chi connectivity index (χ0) is 8.55. The molecule has 1 aliphatic rings. The van der Waals surface area contributed by atoms with Crippen LogP contribution in [0.15, 0.2) is 23.2 Å². The second kappa shape index (κ2) is 3.17. The molecular weight excluding hydrogens is 261 g/mol. The molecule has 0 N–H and O–H groups in total. The van der Waals surface area contributed by atoms with Gasteiger partial charge in [-0.2, -0.15) is 0 Å². The van der Waals surface area contributed by atoms with Crippen LogP contribution >= 0.6 is 22.6 Å². The summed E-state index contributed by atoms with van der Waals surface area (Å²) in [6, 6.07) is 6.43. The molecule has 1 aliphatic heterocycles. The van der Waals surface area contributed by atoms with E-state index in [1.807, 2.05) is 0 Å². The Balaban J connectivity index is 2.62. The molecule has 1 aromatic rings. The van der Waals surface area contributed by atoms with Gasteiger partial charge in [-0.05, 0) is 53.1 Å². The van der Waals surface area contributed by atoms with Crippen molar-refractivity contribution < 1.29 is 0 Å². The monoisotopic (exact) mass is 271 g/mol. The average molecular weight is 271 g/mol. The Kier molecular flexibility index (Phi) is 2.17. The summed E-state index contributed by atoms with van der Waals surface area (Å²) in [5, 5.41) is 0. The highest BCUT2D eigenvalue weighted by molar-refractivity contribution is 14.1. The highest BCUT2D eigenvalue weighted by atomic mass is 127. The van der Waals surface area contributed by atoms with Crippen LogP contribution < -0.4 is 0 Å². The molecule has 2 rings (SSSR count). The molecule has 1 aromatic carbocycles. The normalized spacial score (nSPS) is 15.3. The van der Waals surface area contributed by atoms with Gasteiger partial charge >= 0.3 is 0 Å².